The summed E-state index contributed by atoms with van der Waals surface area (Å²) in [5, 5.41) is -0.123. The number of halogens is 6. The predicted octanol–water partition coefficient (Wildman–Crippen LogP) is 5.05. The maximum atomic E-state index is 14.4. The number of aromatic nitrogens is 4. The van der Waals surface area contributed by atoms with Crippen molar-refractivity contribution in [2.24, 2.45) is 7.05 Å². The van der Waals surface area contributed by atoms with Gasteiger partial charge in [0.25, 0.3) is 0 Å². The van der Waals surface area contributed by atoms with Crippen molar-refractivity contribution in [3.8, 4) is 5.95 Å². The fourth-order valence-electron chi connectivity index (χ4n) is 3.80. The highest BCUT2D eigenvalue weighted by atomic mass is 32.2. The second kappa shape index (κ2) is 7.20. The summed E-state index contributed by atoms with van der Waals surface area (Å²) < 4.78 is 110. The van der Waals surface area contributed by atoms with Crippen LogP contribution in [-0.2, 0) is 29.2 Å². The molecule has 0 bridgehead atoms. The fourth-order valence-corrected chi connectivity index (χ4v) is 5.16. The second-order valence-corrected chi connectivity index (χ2v) is 9.61. The van der Waals surface area contributed by atoms with Crippen LogP contribution in [0.2, 0.25) is 0 Å². The Kier molecular flexibility index (Phi) is 5.04. The lowest BCUT2D eigenvalue weighted by atomic mass is 10.1. The summed E-state index contributed by atoms with van der Waals surface area (Å²) in [6.07, 6.45) is -9.89. The number of rotatable bonds is 3. The van der Waals surface area contributed by atoms with Crippen LogP contribution in [0.3, 0.4) is 0 Å². The van der Waals surface area contributed by atoms with Crippen molar-refractivity contribution in [3.05, 3.63) is 47.3 Å². The number of pyridine rings is 1. The Hall–Kier alpha value is -3.09. The normalized spacial score (nSPS) is 13.4. The first kappa shape index (κ1) is 23.1. The molecule has 0 saturated carbocycles. The SMILES string of the molecule is CCS(=O)(=O)c1c(C(F)(F)F)n(-c2nc3ccc(C(F)(F)F)nc3n2C)c2cccc(C)c12. The van der Waals surface area contributed by atoms with E-state index in [1.165, 1.54) is 39.1 Å². The summed E-state index contributed by atoms with van der Waals surface area (Å²) in [6.45, 7) is 2.71. The average Bonchev–Trinajstić information content (AvgIpc) is 3.23. The summed E-state index contributed by atoms with van der Waals surface area (Å²) >= 11 is 0. The van der Waals surface area contributed by atoms with Crippen LogP contribution in [0, 0.1) is 6.92 Å². The van der Waals surface area contributed by atoms with Crippen LogP contribution < -0.4 is 0 Å². The first-order valence-electron chi connectivity index (χ1n) is 9.53. The van der Waals surface area contributed by atoms with E-state index >= 15 is 0 Å². The van der Waals surface area contributed by atoms with Crippen molar-refractivity contribution in [1.82, 2.24) is 19.1 Å². The molecule has 4 rings (SSSR count). The Morgan fingerprint density at radius 3 is 2.21 bits per heavy atom. The summed E-state index contributed by atoms with van der Waals surface area (Å²) in [5.74, 6) is -1.000. The number of alkyl halides is 6. The Labute approximate surface area is 183 Å². The van der Waals surface area contributed by atoms with Gasteiger partial charge >= 0.3 is 12.4 Å². The third-order valence-corrected chi connectivity index (χ3v) is 7.08. The highest BCUT2D eigenvalue weighted by Crippen LogP contribution is 2.44. The zero-order valence-electron chi connectivity index (χ0n) is 17.4. The van der Waals surface area contributed by atoms with Gasteiger partial charge in [-0.15, -0.1) is 0 Å². The van der Waals surface area contributed by atoms with E-state index in [1.807, 2.05) is 0 Å². The van der Waals surface area contributed by atoms with Crippen molar-refractivity contribution in [2.45, 2.75) is 31.1 Å². The number of sulfone groups is 1. The minimum atomic E-state index is -5.12. The van der Waals surface area contributed by atoms with Gasteiger partial charge in [-0.2, -0.15) is 26.3 Å². The topological polar surface area (TPSA) is 69.8 Å². The molecule has 3 aromatic heterocycles. The molecule has 1 aromatic carbocycles. The van der Waals surface area contributed by atoms with Gasteiger partial charge in [-0.1, -0.05) is 19.1 Å². The van der Waals surface area contributed by atoms with Gasteiger partial charge in [-0.05, 0) is 30.7 Å². The first-order valence-corrected chi connectivity index (χ1v) is 11.2. The molecule has 3 heterocycles. The summed E-state index contributed by atoms with van der Waals surface area (Å²) in [7, 11) is -3.14. The van der Waals surface area contributed by atoms with Crippen molar-refractivity contribution < 1.29 is 34.8 Å². The first-order chi connectivity index (χ1) is 15.2. The van der Waals surface area contributed by atoms with Gasteiger partial charge in [0, 0.05) is 12.4 Å². The van der Waals surface area contributed by atoms with Crippen LogP contribution in [0.5, 0.6) is 0 Å². The van der Waals surface area contributed by atoms with Crippen molar-refractivity contribution in [2.75, 3.05) is 5.75 Å². The van der Waals surface area contributed by atoms with Gasteiger partial charge in [0.1, 0.15) is 21.8 Å². The molecular weight excluding hydrogens is 474 g/mol. The van der Waals surface area contributed by atoms with Gasteiger partial charge in [-0.25, -0.2) is 18.4 Å². The zero-order valence-corrected chi connectivity index (χ0v) is 18.2. The molecule has 0 amide bonds. The molecular formula is C20H16F6N4O2S. The molecule has 0 atom stereocenters. The zero-order chi connectivity index (χ0) is 24.5. The number of fused-ring (bicyclic) bond motifs is 2. The summed E-state index contributed by atoms with van der Waals surface area (Å²) in [5.41, 5.74) is -2.89. The minimum Gasteiger partial charge on any atom is -0.297 e. The molecule has 13 heteroatoms. The number of nitrogens with zero attached hydrogens (tertiary/aromatic N) is 4. The van der Waals surface area contributed by atoms with Gasteiger partial charge in [0.2, 0.25) is 5.95 Å². The Bertz CT molecular complexity index is 1510. The standard InChI is InChI=1S/C20H16F6N4O2S/c1-4-33(31,32)15-14-10(2)6-5-7-12(14)30(16(15)20(24,25)26)18-27-11-8-9-13(19(21,22)23)28-17(11)29(18)3/h5-9H,4H2,1-3H3. The largest absolute Gasteiger partial charge is 0.433 e. The average molecular weight is 490 g/mol. The Morgan fingerprint density at radius 1 is 0.970 bits per heavy atom. The molecule has 0 radical (unpaired) electrons. The minimum absolute atomic E-state index is 0.0805. The lowest BCUT2D eigenvalue weighted by Crippen LogP contribution is -2.19. The van der Waals surface area contributed by atoms with E-state index in [0.717, 1.165) is 10.6 Å². The Balaban J connectivity index is 2.21. The second-order valence-electron chi connectivity index (χ2n) is 7.39. The van der Waals surface area contributed by atoms with Crippen LogP contribution >= 0.6 is 0 Å². The number of imidazole rings is 1. The van der Waals surface area contributed by atoms with Crippen LogP contribution in [0.4, 0.5) is 26.3 Å². The van der Waals surface area contributed by atoms with Crippen LogP contribution in [-0.4, -0.2) is 33.3 Å². The summed E-state index contributed by atoms with van der Waals surface area (Å²) in [6, 6.07) is 5.92. The molecule has 0 aliphatic heterocycles. The lowest BCUT2D eigenvalue weighted by molar-refractivity contribution is -0.144. The molecule has 0 fully saturated rings. The highest BCUT2D eigenvalue weighted by Gasteiger charge is 2.44. The molecule has 0 spiro atoms. The van der Waals surface area contributed by atoms with Gasteiger partial charge < -0.3 is 0 Å². The van der Waals surface area contributed by atoms with Gasteiger partial charge in [-0.3, -0.25) is 9.13 Å². The number of aryl methyl sites for hydroxylation is 2. The predicted molar refractivity (Wildman–Crippen MR) is 108 cm³/mol. The van der Waals surface area contributed by atoms with Crippen molar-refractivity contribution in [3.63, 3.8) is 0 Å². The molecule has 33 heavy (non-hydrogen) atoms. The van der Waals surface area contributed by atoms with E-state index < -0.39 is 50.2 Å². The quantitative estimate of drug-likeness (QED) is 0.377. The third-order valence-electron chi connectivity index (χ3n) is 5.30. The molecule has 0 aliphatic rings. The molecule has 0 aliphatic carbocycles. The molecule has 176 valence electrons. The Morgan fingerprint density at radius 2 is 1.64 bits per heavy atom. The van der Waals surface area contributed by atoms with E-state index in [-0.39, 0.29) is 22.1 Å². The molecule has 4 aromatic rings. The third kappa shape index (κ3) is 3.54. The van der Waals surface area contributed by atoms with E-state index in [9.17, 15) is 34.8 Å². The maximum Gasteiger partial charge on any atom is 0.433 e. The number of hydrogen-bond donors (Lipinski definition) is 0. The number of hydrogen-bond acceptors (Lipinski definition) is 4. The van der Waals surface area contributed by atoms with Crippen LogP contribution in [0.1, 0.15) is 23.9 Å². The smallest absolute Gasteiger partial charge is 0.297 e. The van der Waals surface area contributed by atoms with E-state index in [2.05, 4.69) is 9.97 Å². The highest BCUT2D eigenvalue weighted by molar-refractivity contribution is 7.91. The van der Waals surface area contributed by atoms with Crippen LogP contribution in [0.15, 0.2) is 35.2 Å². The maximum absolute atomic E-state index is 14.4. The molecule has 0 saturated heterocycles. The van der Waals surface area contributed by atoms with Crippen molar-refractivity contribution >= 4 is 31.9 Å². The number of benzene rings is 1. The van der Waals surface area contributed by atoms with E-state index in [4.69, 9.17) is 0 Å². The fraction of sp³-hybridized carbons (Fsp3) is 0.300. The van der Waals surface area contributed by atoms with Gasteiger partial charge in [0.05, 0.1) is 11.3 Å². The van der Waals surface area contributed by atoms with E-state index in [0.29, 0.717) is 16.2 Å². The summed E-state index contributed by atoms with van der Waals surface area (Å²) in [4.78, 5) is 6.71. The van der Waals surface area contributed by atoms with Crippen LogP contribution in [0.25, 0.3) is 28.0 Å². The van der Waals surface area contributed by atoms with E-state index in [1.54, 1.807) is 0 Å². The lowest BCUT2D eigenvalue weighted by Gasteiger charge is -2.14. The van der Waals surface area contributed by atoms with Crippen molar-refractivity contribution in [1.29, 1.82) is 0 Å². The monoisotopic (exact) mass is 490 g/mol. The molecule has 0 unspecified atom stereocenters. The van der Waals surface area contributed by atoms with Gasteiger partial charge in [0.15, 0.2) is 15.5 Å². The molecule has 0 N–H and O–H groups in total. The molecule has 6 nitrogen and oxygen atoms in total.